The Morgan fingerprint density at radius 3 is 2.75 bits per heavy atom. The van der Waals surface area contributed by atoms with Gasteiger partial charge in [-0.3, -0.25) is 4.57 Å². The third-order valence-electron chi connectivity index (χ3n) is 3.35. The number of nitrogens with two attached hydrogens (primary N) is 1. The molecule has 1 unspecified atom stereocenters. The summed E-state index contributed by atoms with van der Waals surface area (Å²) in [7, 11) is 0. The van der Waals surface area contributed by atoms with E-state index in [0.29, 0.717) is 17.0 Å². The van der Waals surface area contributed by atoms with Crippen LogP contribution in [0.1, 0.15) is 12.1 Å². The first kappa shape index (κ1) is 13.2. The van der Waals surface area contributed by atoms with E-state index in [2.05, 4.69) is 15.0 Å². The molecule has 9 heteroatoms. The molecule has 3 rings (SSSR count). The van der Waals surface area contributed by atoms with Crippen molar-refractivity contribution in [2.45, 2.75) is 31.5 Å². The first-order valence-electron chi connectivity index (χ1n) is 6.12. The van der Waals surface area contributed by atoms with Crippen molar-refractivity contribution in [1.82, 2.24) is 19.5 Å². The minimum Gasteiger partial charge on any atom is -0.394 e. The van der Waals surface area contributed by atoms with Gasteiger partial charge in [0.05, 0.1) is 12.9 Å². The van der Waals surface area contributed by atoms with Crippen molar-refractivity contribution in [2.24, 2.45) is 0 Å². The molecule has 1 fully saturated rings. The summed E-state index contributed by atoms with van der Waals surface area (Å²) in [5.41, 5.74) is 6.57. The minimum absolute atomic E-state index is 0.234. The van der Waals surface area contributed by atoms with Crippen molar-refractivity contribution in [1.29, 1.82) is 0 Å². The highest BCUT2D eigenvalue weighted by atomic mass is 16.6. The molecule has 108 valence electrons. The van der Waals surface area contributed by atoms with Crippen molar-refractivity contribution in [2.75, 3.05) is 12.3 Å². The summed E-state index contributed by atoms with van der Waals surface area (Å²) in [6.07, 6.45) is -2.70. The second-order valence-electron chi connectivity index (χ2n) is 4.71. The number of aliphatic hydroxyl groups excluding tert-OH is 3. The highest BCUT2D eigenvalue weighted by Crippen LogP contribution is 2.31. The molecule has 0 amide bonds. The van der Waals surface area contributed by atoms with Gasteiger partial charge in [-0.15, -0.1) is 0 Å². The van der Waals surface area contributed by atoms with Crippen LogP contribution in [0.25, 0.3) is 11.2 Å². The molecule has 2 aromatic heterocycles. The topological polar surface area (TPSA) is 140 Å². The Hall–Kier alpha value is -1.81. The van der Waals surface area contributed by atoms with Crippen LogP contribution in [0.15, 0.2) is 6.33 Å². The molecule has 0 spiro atoms. The smallest absolute Gasteiger partial charge is 0.167 e. The maximum absolute atomic E-state index is 10.0. The van der Waals surface area contributed by atoms with Gasteiger partial charge in [0, 0.05) is 0 Å². The lowest BCUT2D eigenvalue weighted by Gasteiger charge is -2.16. The highest BCUT2D eigenvalue weighted by Gasteiger charge is 2.44. The van der Waals surface area contributed by atoms with E-state index in [1.165, 1.54) is 10.9 Å². The van der Waals surface area contributed by atoms with Crippen LogP contribution in [-0.4, -0.2) is 59.8 Å². The molecule has 2 aromatic rings. The van der Waals surface area contributed by atoms with Crippen molar-refractivity contribution < 1.29 is 20.1 Å². The molecular formula is C11H15N5O4. The van der Waals surface area contributed by atoms with E-state index in [4.69, 9.17) is 15.6 Å². The SMILES string of the molecule is Cc1nc(N)c2ncn([C@@H]3O[C@H](CO)C(O)[C@@H]3O)c2n1. The summed E-state index contributed by atoms with van der Waals surface area (Å²) in [6, 6.07) is 0. The minimum atomic E-state index is -1.19. The van der Waals surface area contributed by atoms with Crippen LogP contribution in [0.3, 0.4) is 0 Å². The Morgan fingerprint density at radius 1 is 1.35 bits per heavy atom. The Kier molecular flexibility index (Phi) is 3.05. The Morgan fingerprint density at radius 2 is 2.10 bits per heavy atom. The third kappa shape index (κ3) is 1.83. The van der Waals surface area contributed by atoms with Crippen LogP contribution >= 0.6 is 0 Å². The van der Waals surface area contributed by atoms with E-state index in [0.717, 1.165) is 0 Å². The monoisotopic (exact) mass is 281 g/mol. The zero-order valence-electron chi connectivity index (χ0n) is 10.7. The van der Waals surface area contributed by atoms with Gasteiger partial charge >= 0.3 is 0 Å². The zero-order valence-corrected chi connectivity index (χ0v) is 10.7. The average molecular weight is 281 g/mol. The first-order valence-corrected chi connectivity index (χ1v) is 6.12. The number of fused-ring (bicyclic) bond motifs is 1. The quantitative estimate of drug-likeness (QED) is 0.512. The normalized spacial score (nSPS) is 30.2. The number of nitrogens with zero attached hydrogens (tertiary/aromatic N) is 4. The predicted molar refractivity (Wildman–Crippen MR) is 67.5 cm³/mol. The average Bonchev–Trinajstić information content (AvgIpc) is 2.93. The van der Waals surface area contributed by atoms with Crippen molar-refractivity contribution in [3.8, 4) is 0 Å². The number of nitrogen functional groups attached to an aromatic ring is 1. The van der Waals surface area contributed by atoms with Gasteiger partial charge in [-0.25, -0.2) is 15.0 Å². The van der Waals surface area contributed by atoms with Gasteiger partial charge in [-0.2, -0.15) is 0 Å². The van der Waals surface area contributed by atoms with Crippen LogP contribution in [0, 0.1) is 6.92 Å². The van der Waals surface area contributed by atoms with Crippen molar-refractivity contribution >= 4 is 17.0 Å². The number of aromatic nitrogens is 4. The number of hydrogen-bond donors (Lipinski definition) is 4. The number of anilines is 1. The molecule has 0 aliphatic carbocycles. The molecular weight excluding hydrogens is 266 g/mol. The number of aryl methyl sites for hydroxylation is 1. The van der Waals surface area contributed by atoms with Crippen LogP contribution in [0.2, 0.25) is 0 Å². The Balaban J connectivity index is 2.07. The molecule has 0 bridgehead atoms. The summed E-state index contributed by atoms with van der Waals surface area (Å²) in [5.74, 6) is 0.696. The Bertz CT molecular complexity index is 645. The molecule has 3 heterocycles. The maximum atomic E-state index is 10.0. The van der Waals surface area contributed by atoms with Gasteiger partial charge in [-0.1, -0.05) is 0 Å². The number of imidazole rings is 1. The van der Waals surface area contributed by atoms with E-state index < -0.39 is 31.1 Å². The lowest BCUT2D eigenvalue weighted by atomic mass is 10.1. The molecule has 4 atom stereocenters. The van der Waals surface area contributed by atoms with Gasteiger partial charge in [0.15, 0.2) is 17.7 Å². The molecule has 0 aromatic carbocycles. The first-order chi connectivity index (χ1) is 9.52. The fourth-order valence-corrected chi connectivity index (χ4v) is 2.35. The van der Waals surface area contributed by atoms with Crippen LogP contribution in [0.5, 0.6) is 0 Å². The molecule has 20 heavy (non-hydrogen) atoms. The summed E-state index contributed by atoms with van der Waals surface area (Å²) >= 11 is 0. The molecule has 5 N–H and O–H groups in total. The van der Waals surface area contributed by atoms with Crippen molar-refractivity contribution in [3.05, 3.63) is 12.2 Å². The van der Waals surface area contributed by atoms with Gasteiger partial charge in [0.25, 0.3) is 0 Å². The predicted octanol–water partition coefficient (Wildman–Crippen LogP) is -1.67. The van der Waals surface area contributed by atoms with Crippen LogP contribution < -0.4 is 5.73 Å². The fraction of sp³-hybridized carbons (Fsp3) is 0.545. The van der Waals surface area contributed by atoms with Crippen LogP contribution in [0.4, 0.5) is 5.82 Å². The number of hydrogen-bond acceptors (Lipinski definition) is 8. The second kappa shape index (κ2) is 4.63. The van der Waals surface area contributed by atoms with Crippen LogP contribution in [-0.2, 0) is 4.74 Å². The lowest BCUT2D eigenvalue weighted by Crippen LogP contribution is -2.33. The zero-order chi connectivity index (χ0) is 14.4. The molecule has 1 aliphatic rings. The second-order valence-corrected chi connectivity index (χ2v) is 4.71. The summed E-state index contributed by atoms with van der Waals surface area (Å²) in [5, 5.41) is 28.9. The third-order valence-corrected chi connectivity index (χ3v) is 3.35. The van der Waals surface area contributed by atoms with E-state index in [9.17, 15) is 10.2 Å². The van der Waals surface area contributed by atoms with Gasteiger partial charge < -0.3 is 25.8 Å². The van der Waals surface area contributed by atoms with Gasteiger partial charge in [-0.05, 0) is 6.92 Å². The Labute approximate surface area is 113 Å². The molecule has 1 saturated heterocycles. The number of aliphatic hydroxyl groups is 3. The van der Waals surface area contributed by atoms with Gasteiger partial charge in [0.2, 0.25) is 0 Å². The van der Waals surface area contributed by atoms with Crippen molar-refractivity contribution in [3.63, 3.8) is 0 Å². The van der Waals surface area contributed by atoms with E-state index in [1.54, 1.807) is 6.92 Å². The lowest BCUT2D eigenvalue weighted by molar-refractivity contribution is -0.0511. The largest absolute Gasteiger partial charge is 0.394 e. The molecule has 0 radical (unpaired) electrons. The maximum Gasteiger partial charge on any atom is 0.167 e. The summed E-state index contributed by atoms with van der Waals surface area (Å²) in [4.78, 5) is 12.3. The van der Waals surface area contributed by atoms with E-state index in [1.807, 2.05) is 0 Å². The number of rotatable bonds is 2. The van der Waals surface area contributed by atoms with E-state index in [-0.39, 0.29) is 5.82 Å². The molecule has 1 aliphatic heterocycles. The van der Waals surface area contributed by atoms with Gasteiger partial charge in [0.1, 0.15) is 29.7 Å². The molecule has 0 saturated carbocycles. The molecule has 9 nitrogen and oxygen atoms in total. The number of ether oxygens (including phenoxy) is 1. The highest BCUT2D eigenvalue weighted by molar-refractivity contribution is 5.81. The van der Waals surface area contributed by atoms with E-state index >= 15 is 0 Å². The standard InChI is InChI=1S/C11H15N5O4/c1-4-14-9(12)6-10(15-4)16(3-13-6)11-8(19)7(18)5(2-17)20-11/h3,5,7-8,11,17-19H,2H2,1H3,(H2,12,14,15)/t5-,7?,8+,11-/m1/s1. The fourth-order valence-electron chi connectivity index (χ4n) is 2.35. The summed E-state index contributed by atoms with van der Waals surface area (Å²) in [6.45, 7) is 1.29. The summed E-state index contributed by atoms with van der Waals surface area (Å²) < 4.78 is 6.92.